The van der Waals surface area contributed by atoms with Gasteiger partial charge in [0.1, 0.15) is 36.8 Å². The van der Waals surface area contributed by atoms with Crippen LogP contribution in [0.15, 0.2) is 12.7 Å². The van der Waals surface area contributed by atoms with Crippen molar-refractivity contribution in [3.63, 3.8) is 0 Å². The van der Waals surface area contributed by atoms with Gasteiger partial charge in [-0.25, -0.2) is 24.1 Å². The van der Waals surface area contributed by atoms with Crippen molar-refractivity contribution in [2.24, 2.45) is 5.92 Å². The first kappa shape index (κ1) is 36.6. The highest BCUT2D eigenvalue weighted by molar-refractivity contribution is 7.54. The summed E-state index contributed by atoms with van der Waals surface area (Å²) in [5.74, 6) is -2.21. The Kier molecular flexibility index (Phi) is 11.5. The second kappa shape index (κ2) is 14.5. The van der Waals surface area contributed by atoms with E-state index in [9.17, 15) is 54.4 Å². The van der Waals surface area contributed by atoms with E-state index in [2.05, 4.69) is 20.0 Å². The van der Waals surface area contributed by atoms with E-state index in [0.717, 1.165) is 12.7 Å². The number of rotatable bonds is 14. The molecule has 0 bridgehead atoms. The standard InChI is InChI=1S/C22H36N6O16P2/c1-8(2)13(32)15(34)20(36)27-45(37,38)41-5-9-3-10(30)21(42-9)28-7-25-12-18(23-6-24-19(12)28)26-46(39,40)44-22-16(35)14(33)17(43-22)11(31)4-29/h6-11,13-17,21-22,29-35H,3-5H2,1-2H3,(H2,27,36,37,38)(H2,23,24,26,39,40)/t9-,10+,11+,13+,14-,15-,16-,17-,21+,22+/m0/s1. The summed E-state index contributed by atoms with van der Waals surface area (Å²) in [4.78, 5) is 44.4. The number of hydrogen-bond donors (Lipinski definition) is 11. The van der Waals surface area contributed by atoms with Crippen molar-refractivity contribution >= 4 is 38.4 Å². The monoisotopic (exact) mass is 702 g/mol. The number of aliphatic hydroxyl groups is 7. The maximum Gasteiger partial charge on any atom is 0.433 e. The van der Waals surface area contributed by atoms with E-state index < -0.39 is 102 Å². The van der Waals surface area contributed by atoms with E-state index in [4.69, 9.17) is 23.6 Å². The fourth-order valence-electron chi connectivity index (χ4n) is 4.63. The van der Waals surface area contributed by atoms with Crippen molar-refractivity contribution in [2.45, 2.75) is 81.6 Å². The summed E-state index contributed by atoms with van der Waals surface area (Å²) in [6.45, 7) is 1.62. The number of hydrogen-bond acceptors (Lipinski definition) is 17. The Bertz CT molecular complexity index is 1470. The highest BCUT2D eigenvalue weighted by Crippen LogP contribution is 2.46. The quantitative estimate of drug-likeness (QED) is 0.0847. The number of fused-ring (bicyclic) bond motifs is 1. The third-order valence-corrected chi connectivity index (χ3v) is 9.07. The normalized spacial score (nSPS) is 31.3. The molecule has 2 saturated heterocycles. The number of aromatic nitrogens is 4. The predicted octanol–water partition coefficient (Wildman–Crippen LogP) is -3.59. The zero-order chi connectivity index (χ0) is 34.1. The molecule has 22 nitrogen and oxygen atoms in total. The van der Waals surface area contributed by atoms with Crippen LogP contribution in [0.1, 0.15) is 26.5 Å². The molecule has 2 aliphatic heterocycles. The summed E-state index contributed by atoms with van der Waals surface area (Å²) in [7, 11) is -9.75. The van der Waals surface area contributed by atoms with Gasteiger partial charge in [-0.2, -0.15) is 0 Å². The van der Waals surface area contributed by atoms with Gasteiger partial charge in [0.25, 0.3) is 5.91 Å². The minimum absolute atomic E-state index is 0.0142. The molecule has 11 N–H and O–H groups in total. The molecule has 0 saturated carbocycles. The lowest BCUT2D eigenvalue weighted by Gasteiger charge is -2.22. The van der Waals surface area contributed by atoms with Crippen LogP contribution in [-0.2, 0) is 32.4 Å². The van der Waals surface area contributed by atoms with E-state index in [1.165, 1.54) is 18.4 Å². The minimum atomic E-state index is -4.92. The lowest BCUT2D eigenvalue weighted by molar-refractivity contribution is -0.139. The molecule has 1 amide bonds. The molecule has 46 heavy (non-hydrogen) atoms. The van der Waals surface area contributed by atoms with Gasteiger partial charge in [-0.15, -0.1) is 0 Å². The number of ether oxygens (including phenoxy) is 2. The van der Waals surface area contributed by atoms with Crippen LogP contribution in [0.2, 0.25) is 0 Å². The van der Waals surface area contributed by atoms with Crippen LogP contribution in [0.25, 0.3) is 11.2 Å². The molecule has 2 aliphatic rings. The molecule has 0 aliphatic carbocycles. The summed E-state index contributed by atoms with van der Waals surface area (Å²) in [6.07, 6.45) is -13.5. The van der Waals surface area contributed by atoms with Crippen LogP contribution >= 0.6 is 15.5 Å². The third kappa shape index (κ3) is 8.24. The lowest BCUT2D eigenvalue weighted by Crippen LogP contribution is -2.43. The van der Waals surface area contributed by atoms with Gasteiger partial charge in [0.15, 0.2) is 35.6 Å². The predicted molar refractivity (Wildman–Crippen MR) is 149 cm³/mol. The van der Waals surface area contributed by atoms with Crippen molar-refractivity contribution in [2.75, 3.05) is 18.3 Å². The number of carbonyl (C=O) groups excluding carboxylic acids is 1. The average Bonchev–Trinajstić information content (AvgIpc) is 3.66. The van der Waals surface area contributed by atoms with Crippen LogP contribution in [-0.4, -0.2) is 139 Å². The molecular formula is C22H36N6O16P2. The Hall–Kier alpha value is -2.24. The fraction of sp³-hybridized carbons (Fsp3) is 0.727. The van der Waals surface area contributed by atoms with Crippen molar-refractivity contribution < 1.29 is 78.0 Å². The third-order valence-electron chi connectivity index (χ3n) is 7.08. The van der Waals surface area contributed by atoms with Crippen molar-refractivity contribution in [1.29, 1.82) is 0 Å². The summed E-state index contributed by atoms with van der Waals surface area (Å²) < 4.78 is 47.0. The zero-order valence-corrected chi connectivity index (χ0v) is 26.0. The second-order valence-electron chi connectivity index (χ2n) is 10.9. The van der Waals surface area contributed by atoms with E-state index in [0.29, 0.717) is 0 Å². The fourth-order valence-corrected chi connectivity index (χ4v) is 6.41. The Balaban J connectivity index is 1.39. The molecule has 260 valence electrons. The number of anilines is 1. The largest absolute Gasteiger partial charge is 0.433 e. The molecule has 2 unspecified atom stereocenters. The Morgan fingerprint density at radius 2 is 1.78 bits per heavy atom. The van der Waals surface area contributed by atoms with Gasteiger partial charge in [0, 0.05) is 6.42 Å². The number of aliphatic hydroxyl groups excluding tert-OH is 7. The van der Waals surface area contributed by atoms with Gasteiger partial charge in [-0.05, 0) is 5.92 Å². The van der Waals surface area contributed by atoms with E-state index in [1.54, 1.807) is 5.09 Å². The van der Waals surface area contributed by atoms with Gasteiger partial charge in [0.05, 0.1) is 31.7 Å². The zero-order valence-electron chi connectivity index (χ0n) is 24.2. The van der Waals surface area contributed by atoms with E-state index >= 15 is 0 Å². The molecule has 0 aromatic carbocycles. The van der Waals surface area contributed by atoms with Crippen molar-refractivity contribution in [3.05, 3.63) is 12.7 Å². The van der Waals surface area contributed by atoms with Gasteiger partial charge in [-0.3, -0.25) is 28.6 Å². The molecular weight excluding hydrogens is 666 g/mol. The molecule has 2 aromatic rings. The number of nitrogens with zero attached hydrogens (tertiary/aromatic N) is 4. The minimum Gasteiger partial charge on any atom is -0.394 e. The van der Waals surface area contributed by atoms with Crippen LogP contribution in [0, 0.1) is 5.92 Å². The van der Waals surface area contributed by atoms with Gasteiger partial charge >= 0.3 is 15.5 Å². The number of nitrogens with one attached hydrogen (secondary N) is 2. The molecule has 24 heteroatoms. The maximum atomic E-state index is 12.8. The molecule has 2 fully saturated rings. The van der Waals surface area contributed by atoms with Crippen LogP contribution < -0.4 is 10.2 Å². The topological polar surface area (TPSA) is 338 Å². The Labute approximate surface area is 259 Å². The number of imidazole rings is 1. The van der Waals surface area contributed by atoms with E-state index in [1.807, 2.05) is 0 Å². The van der Waals surface area contributed by atoms with Gasteiger partial charge in [-0.1, -0.05) is 13.8 Å². The van der Waals surface area contributed by atoms with Crippen molar-refractivity contribution in [3.8, 4) is 0 Å². The summed E-state index contributed by atoms with van der Waals surface area (Å²) in [5, 5.41) is 73.0. The highest BCUT2D eigenvalue weighted by Gasteiger charge is 2.49. The molecule has 2 aromatic heterocycles. The Morgan fingerprint density at radius 3 is 2.43 bits per heavy atom. The summed E-state index contributed by atoms with van der Waals surface area (Å²) in [5.41, 5.74) is -0.123. The second-order valence-corrected chi connectivity index (χ2v) is 13.9. The molecule has 0 spiro atoms. The van der Waals surface area contributed by atoms with Crippen LogP contribution in [0.3, 0.4) is 0 Å². The van der Waals surface area contributed by atoms with Crippen LogP contribution in [0.5, 0.6) is 0 Å². The summed E-state index contributed by atoms with van der Waals surface area (Å²) in [6, 6.07) is 0. The number of carbonyl (C=O) groups is 1. The maximum absolute atomic E-state index is 12.8. The molecule has 4 rings (SSSR count). The van der Waals surface area contributed by atoms with Crippen LogP contribution in [0.4, 0.5) is 5.82 Å². The first-order chi connectivity index (χ1) is 21.4. The van der Waals surface area contributed by atoms with Gasteiger partial charge < -0.3 is 55.0 Å². The summed E-state index contributed by atoms with van der Waals surface area (Å²) >= 11 is 0. The smallest absolute Gasteiger partial charge is 0.394 e. The lowest BCUT2D eigenvalue weighted by atomic mass is 10.0. The average molecular weight is 703 g/mol. The van der Waals surface area contributed by atoms with Crippen molar-refractivity contribution in [1.82, 2.24) is 24.6 Å². The first-order valence-corrected chi connectivity index (χ1v) is 16.9. The Morgan fingerprint density at radius 1 is 1.09 bits per heavy atom. The first-order valence-electron chi connectivity index (χ1n) is 13.7. The molecule has 4 heterocycles. The molecule has 12 atom stereocenters. The highest BCUT2D eigenvalue weighted by atomic mass is 31.2. The molecule has 0 radical (unpaired) electrons. The SMILES string of the molecule is CC(C)[C@@H](O)[C@H](O)C(=O)NP(=O)(O)OC[C@@H]1C[C@@H](O)[C@H](n2cnc3c(NP(=O)(O)O[C@H]4O[C@@H]([C@H](O)CO)[C@@H](O)[C@@H]4O)ncnc32)O1. The van der Waals surface area contributed by atoms with E-state index in [-0.39, 0.29) is 23.4 Å². The number of amides is 1. The van der Waals surface area contributed by atoms with Gasteiger partial charge in [0.2, 0.25) is 0 Å².